The third kappa shape index (κ3) is 3.28. The predicted molar refractivity (Wildman–Crippen MR) is 58.7 cm³/mol. The first kappa shape index (κ1) is 9.78. The molecule has 1 N–H and O–H groups in total. The normalized spacial score (nSPS) is 9.85. The van der Waals surface area contributed by atoms with Gasteiger partial charge in [-0.15, -0.1) is 0 Å². The smallest absolute Gasteiger partial charge is 0.0640 e. The number of hydrogen-bond donors (Lipinski definition) is 1. The first-order valence-corrected chi connectivity index (χ1v) is 4.57. The molecule has 2 nitrogen and oxygen atoms in total. The van der Waals surface area contributed by atoms with Crippen molar-refractivity contribution in [1.29, 1.82) is 0 Å². The molecule has 0 bridgehead atoms. The van der Waals surface area contributed by atoms with E-state index in [0.717, 1.165) is 11.4 Å². The molecule has 0 radical (unpaired) electrons. The molecule has 72 valence electrons. The number of H-pyrrole nitrogens is 1. The summed E-state index contributed by atoms with van der Waals surface area (Å²) in [7, 11) is 0. The Morgan fingerprint density at radius 3 is 2.62 bits per heavy atom. The van der Waals surface area contributed by atoms with Crippen molar-refractivity contribution in [3.05, 3.63) is 30.7 Å². The molecule has 0 amide bonds. The molecule has 0 fully saturated rings. The van der Waals surface area contributed by atoms with Crippen LogP contribution >= 0.6 is 0 Å². The second-order valence-electron chi connectivity index (χ2n) is 3.67. The highest BCUT2D eigenvalue weighted by Gasteiger charge is 1.87. The molecule has 0 aromatic carbocycles. The lowest BCUT2D eigenvalue weighted by atomic mass is 10.3. The van der Waals surface area contributed by atoms with E-state index in [1.54, 1.807) is 6.20 Å². The minimum atomic E-state index is 0. The zero-order valence-corrected chi connectivity index (χ0v) is 8.41. The fraction of sp³-hybridized carbons (Fsp3) is 0.364. The summed E-state index contributed by atoms with van der Waals surface area (Å²) in [6.45, 7) is 6.50. The van der Waals surface area contributed by atoms with Crippen molar-refractivity contribution < 1.29 is 1.43 Å². The maximum atomic E-state index is 3.95. The van der Waals surface area contributed by atoms with Crippen LogP contribution in [-0.2, 0) is 0 Å². The van der Waals surface area contributed by atoms with E-state index in [0.29, 0.717) is 0 Å². The van der Waals surface area contributed by atoms with E-state index < -0.39 is 0 Å². The fourth-order valence-electron chi connectivity index (χ4n) is 0.892. The van der Waals surface area contributed by atoms with Crippen LogP contribution in [0.25, 0.3) is 10.9 Å². The summed E-state index contributed by atoms with van der Waals surface area (Å²) in [5.41, 5.74) is 1.09. The Bertz CT molecular complexity index is 322. The van der Waals surface area contributed by atoms with E-state index in [1.165, 1.54) is 5.39 Å². The van der Waals surface area contributed by atoms with Crippen LogP contribution in [0.2, 0.25) is 0 Å². The highest BCUT2D eigenvalue weighted by Crippen LogP contribution is 2.07. The third-order valence-electron chi connectivity index (χ3n) is 1.36. The van der Waals surface area contributed by atoms with E-state index in [4.69, 9.17) is 0 Å². The average Bonchev–Trinajstić information content (AvgIpc) is 2.49. The van der Waals surface area contributed by atoms with Gasteiger partial charge in [0.05, 0.1) is 11.7 Å². The molecule has 2 aromatic rings. The fourth-order valence-corrected chi connectivity index (χ4v) is 0.892. The molecule has 2 heterocycles. The first-order valence-electron chi connectivity index (χ1n) is 4.57. The van der Waals surface area contributed by atoms with Gasteiger partial charge in [0.25, 0.3) is 0 Å². The molecule has 2 aromatic heterocycles. The lowest BCUT2D eigenvalue weighted by Crippen LogP contribution is -1.68. The summed E-state index contributed by atoms with van der Waals surface area (Å²) in [4.78, 5) is 7.01. The van der Waals surface area contributed by atoms with Crippen LogP contribution in [0.15, 0.2) is 30.7 Å². The molecule has 0 atom stereocenters. The maximum Gasteiger partial charge on any atom is 0.0640 e. The molecule has 0 saturated heterocycles. The largest absolute Gasteiger partial charge is 0.360 e. The molecule has 2 rings (SSSR count). The van der Waals surface area contributed by atoms with Crippen molar-refractivity contribution >= 4 is 10.9 Å². The van der Waals surface area contributed by atoms with Gasteiger partial charge >= 0.3 is 0 Å². The van der Waals surface area contributed by atoms with Gasteiger partial charge in [-0.2, -0.15) is 0 Å². The summed E-state index contributed by atoms with van der Waals surface area (Å²) in [5, 5.41) is 1.21. The van der Waals surface area contributed by atoms with Gasteiger partial charge in [0.1, 0.15) is 0 Å². The number of rotatable bonds is 0. The van der Waals surface area contributed by atoms with Crippen LogP contribution in [0.3, 0.4) is 0 Å². The minimum absolute atomic E-state index is 0. The molecule has 0 unspecified atom stereocenters. The molecule has 2 heteroatoms. The van der Waals surface area contributed by atoms with Crippen molar-refractivity contribution in [2.45, 2.75) is 20.8 Å². The Morgan fingerprint density at radius 1 is 1.31 bits per heavy atom. The SMILES string of the molecule is CC(C)C.[HH].c1cc2cc[nH]c2cn1. The summed E-state index contributed by atoms with van der Waals surface area (Å²) < 4.78 is 0. The molecule has 0 aliphatic heterocycles. The number of nitrogens with one attached hydrogen (secondary N) is 1. The molecule has 0 aliphatic rings. The molecule has 0 saturated carbocycles. The van der Waals surface area contributed by atoms with Crippen LogP contribution in [-0.4, -0.2) is 9.97 Å². The Kier molecular flexibility index (Phi) is 3.50. The van der Waals surface area contributed by atoms with Crippen LogP contribution in [0.4, 0.5) is 0 Å². The second kappa shape index (κ2) is 4.65. The van der Waals surface area contributed by atoms with Crippen LogP contribution in [0, 0.1) is 5.92 Å². The van der Waals surface area contributed by atoms with E-state index in [9.17, 15) is 0 Å². The van der Waals surface area contributed by atoms with Crippen molar-refractivity contribution in [2.24, 2.45) is 5.92 Å². The lowest BCUT2D eigenvalue weighted by molar-refractivity contribution is 0.737. The van der Waals surface area contributed by atoms with Gasteiger partial charge < -0.3 is 4.98 Å². The summed E-state index contributed by atoms with van der Waals surface area (Å²) in [5.74, 6) is 0.833. The predicted octanol–water partition coefficient (Wildman–Crippen LogP) is 3.47. The zero-order chi connectivity index (χ0) is 9.68. The van der Waals surface area contributed by atoms with Crippen LogP contribution < -0.4 is 0 Å². The zero-order valence-electron chi connectivity index (χ0n) is 8.41. The highest BCUT2D eigenvalue weighted by molar-refractivity contribution is 5.77. The van der Waals surface area contributed by atoms with Crippen LogP contribution in [0.1, 0.15) is 22.2 Å². The maximum absolute atomic E-state index is 3.95. The molecule has 0 spiro atoms. The number of aromatic amines is 1. The number of fused-ring (bicyclic) bond motifs is 1. The summed E-state index contributed by atoms with van der Waals surface area (Å²) in [6, 6.07) is 4.00. The van der Waals surface area contributed by atoms with Gasteiger partial charge in [-0.3, -0.25) is 4.98 Å². The molecule has 13 heavy (non-hydrogen) atoms. The number of pyridine rings is 1. The monoisotopic (exact) mass is 178 g/mol. The topological polar surface area (TPSA) is 28.7 Å². The molecular weight excluding hydrogens is 160 g/mol. The van der Waals surface area contributed by atoms with Crippen molar-refractivity contribution in [3.63, 3.8) is 0 Å². The van der Waals surface area contributed by atoms with Gasteiger partial charge in [0, 0.05) is 19.2 Å². The van der Waals surface area contributed by atoms with E-state index >= 15 is 0 Å². The van der Waals surface area contributed by atoms with Crippen LogP contribution in [0.5, 0.6) is 0 Å². The molecular formula is C11H18N2. The van der Waals surface area contributed by atoms with Crippen molar-refractivity contribution in [2.75, 3.05) is 0 Å². The van der Waals surface area contributed by atoms with E-state index in [-0.39, 0.29) is 1.43 Å². The average molecular weight is 178 g/mol. The van der Waals surface area contributed by atoms with Crippen molar-refractivity contribution in [3.8, 4) is 0 Å². The Labute approximate surface area is 80.5 Å². The van der Waals surface area contributed by atoms with E-state index in [2.05, 4.69) is 30.7 Å². The van der Waals surface area contributed by atoms with Gasteiger partial charge in [-0.05, 0) is 18.1 Å². The van der Waals surface area contributed by atoms with Gasteiger partial charge in [-0.1, -0.05) is 20.8 Å². The summed E-state index contributed by atoms with van der Waals surface area (Å²) >= 11 is 0. The highest BCUT2D eigenvalue weighted by atomic mass is 14.7. The van der Waals surface area contributed by atoms with Gasteiger partial charge in [0.2, 0.25) is 0 Å². The Balaban J connectivity index is 0.000000299. The number of hydrogen-bond acceptors (Lipinski definition) is 1. The number of nitrogens with zero attached hydrogens (tertiary/aromatic N) is 1. The van der Waals surface area contributed by atoms with Crippen molar-refractivity contribution in [1.82, 2.24) is 9.97 Å². The van der Waals surface area contributed by atoms with E-state index in [1.807, 2.05) is 24.5 Å². The van der Waals surface area contributed by atoms with Gasteiger partial charge in [-0.25, -0.2) is 0 Å². The molecule has 0 aliphatic carbocycles. The Morgan fingerprint density at radius 2 is 2.00 bits per heavy atom. The quantitative estimate of drug-likeness (QED) is 0.657. The first-order chi connectivity index (χ1) is 6.20. The third-order valence-corrected chi connectivity index (χ3v) is 1.36. The lowest BCUT2D eigenvalue weighted by Gasteiger charge is -1.82. The standard InChI is InChI=1S/C7H6N2.C4H10.H2/c1-3-8-5-7-6(1)2-4-9-7;1-4(2)3;/h1-5,9H;4H,1-3H3;1H. The minimum Gasteiger partial charge on any atom is -0.360 e. The summed E-state index contributed by atoms with van der Waals surface area (Å²) in [6.07, 6.45) is 5.51. The second-order valence-corrected chi connectivity index (χ2v) is 3.67. The van der Waals surface area contributed by atoms with Gasteiger partial charge in [0.15, 0.2) is 0 Å². The Hall–Kier alpha value is -1.31. The number of aromatic nitrogens is 2.